The second kappa shape index (κ2) is 9.75. The van der Waals surface area contributed by atoms with E-state index in [1.54, 1.807) is 18.2 Å². The van der Waals surface area contributed by atoms with Crippen molar-refractivity contribution in [3.63, 3.8) is 0 Å². The van der Waals surface area contributed by atoms with Crippen LogP contribution in [0.15, 0.2) is 60.9 Å². The third kappa shape index (κ3) is 6.10. The van der Waals surface area contributed by atoms with Gasteiger partial charge in [0.05, 0.1) is 11.1 Å². The fourth-order valence-electron chi connectivity index (χ4n) is 3.73. The molecular weight excluding hydrogens is 486 g/mol. The number of ketones is 1. The molecule has 190 valence electrons. The van der Waals surface area contributed by atoms with E-state index in [0.29, 0.717) is 17.7 Å². The molecule has 1 unspecified atom stereocenters. The smallest absolute Gasteiger partial charge is 0.339 e. The molecule has 4 nitrogen and oxygen atoms in total. The lowest BCUT2D eigenvalue weighted by Crippen LogP contribution is -2.54. The normalized spacial score (nSPS) is 13.7. The van der Waals surface area contributed by atoms with Crippen molar-refractivity contribution in [1.82, 2.24) is 10.3 Å². The topological polar surface area (TPSA) is 59.1 Å². The van der Waals surface area contributed by atoms with E-state index in [4.69, 9.17) is 0 Å². The highest BCUT2D eigenvalue weighted by Gasteiger charge is 2.41. The predicted molar refractivity (Wildman–Crippen MR) is 121 cm³/mol. The Hall–Kier alpha value is -3.69. The molecule has 1 amide bonds. The summed E-state index contributed by atoms with van der Waals surface area (Å²) in [6.45, 7) is 4.95. The van der Waals surface area contributed by atoms with Crippen molar-refractivity contribution in [3.8, 4) is 0 Å². The molecule has 0 aliphatic heterocycles. The summed E-state index contributed by atoms with van der Waals surface area (Å²) in [6, 6.07) is 8.61. The van der Waals surface area contributed by atoms with Crippen molar-refractivity contribution < 1.29 is 35.9 Å². The van der Waals surface area contributed by atoms with E-state index in [0.717, 1.165) is 11.1 Å². The van der Waals surface area contributed by atoms with Crippen molar-refractivity contribution in [1.29, 1.82) is 0 Å². The highest BCUT2D eigenvalue weighted by molar-refractivity contribution is 6.07. The van der Waals surface area contributed by atoms with Crippen LogP contribution in [0.3, 0.4) is 0 Å². The number of aromatic nitrogens is 1. The summed E-state index contributed by atoms with van der Waals surface area (Å²) >= 11 is 0. The van der Waals surface area contributed by atoms with Gasteiger partial charge >= 0.3 is 12.4 Å². The summed E-state index contributed by atoms with van der Waals surface area (Å²) < 4.78 is 80.4. The monoisotopic (exact) mass is 508 g/mol. The van der Waals surface area contributed by atoms with Crippen LogP contribution in [0.25, 0.3) is 0 Å². The minimum Gasteiger partial charge on any atom is -0.339 e. The van der Waals surface area contributed by atoms with Gasteiger partial charge in [-0.2, -0.15) is 26.3 Å². The fourth-order valence-corrected chi connectivity index (χ4v) is 3.73. The Bertz CT molecular complexity index is 1250. The molecule has 3 aromatic rings. The quantitative estimate of drug-likeness (QED) is 0.312. The molecule has 0 saturated heterocycles. The predicted octanol–water partition coefficient (Wildman–Crippen LogP) is 6.35. The van der Waals surface area contributed by atoms with Crippen LogP contribution in [0.5, 0.6) is 0 Å². The molecule has 0 spiro atoms. The van der Waals surface area contributed by atoms with Gasteiger partial charge in [0.2, 0.25) is 0 Å². The summed E-state index contributed by atoms with van der Waals surface area (Å²) in [6.07, 6.45) is -7.76. The molecular formula is C26H22F6N2O2. The number of alkyl halides is 6. The SMILES string of the molecule is Cc1ccc(CC(C)(NC(=O)c2ccncc2)C(=O)c2cc(C(F)(F)F)cc(C(F)(F)F)c2)cc1C. The fraction of sp³-hybridized carbons (Fsp3) is 0.269. The van der Waals surface area contributed by atoms with Crippen LogP contribution >= 0.6 is 0 Å². The third-order valence-corrected chi connectivity index (χ3v) is 5.81. The van der Waals surface area contributed by atoms with Crippen molar-refractivity contribution in [3.05, 3.63) is 99.9 Å². The van der Waals surface area contributed by atoms with Crippen molar-refractivity contribution >= 4 is 11.7 Å². The molecule has 2 aromatic carbocycles. The Morgan fingerprint density at radius 2 is 1.33 bits per heavy atom. The highest BCUT2D eigenvalue weighted by atomic mass is 19.4. The minimum atomic E-state index is -5.12. The number of nitrogens with one attached hydrogen (secondary N) is 1. The molecule has 0 aliphatic carbocycles. The number of amides is 1. The maximum atomic E-state index is 13.6. The van der Waals surface area contributed by atoms with Crippen molar-refractivity contribution in [2.45, 2.75) is 45.1 Å². The molecule has 1 aromatic heterocycles. The maximum absolute atomic E-state index is 13.6. The average Bonchev–Trinajstić information content (AvgIpc) is 2.80. The summed E-state index contributed by atoms with van der Waals surface area (Å²) in [4.78, 5) is 30.3. The maximum Gasteiger partial charge on any atom is 0.416 e. The number of pyridine rings is 1. The number of carbonyl (C=O) groups excluding carboxylic acids is 2. The third-order valence-electron chi connectivity index (χ3n) is 5.81. The number of hydrogen-bond donors (Lipinski definition) is 1. The molecule has 0 radical (unpaired) electrons. The van der Waals surface area contributed by atoms with E-state index >= 15 is 0 Å². The first-order valence-corrected chi connectivity index (χ1v) is 10.7. The van der Waals surface area contributed by atoms with Crippen LogP contribution in [0.2, 0.25) is 0 Å². The van der Waals surface area contributed by atoms with Crippen molar-refractivity contribution in [2.24, 2.45) is 0 Å². The molecule has 0 saturated carbocycles. The Kier molecular flexibility index (Phi) is 7.29. The van der Waals surface area contributed by atoms with Gasteiger partial charge in [0.1, 0.15) is 5.54 Å². The highest BCUT2D eigenvalue weighted by Crippen LogP contribution is 2.37. The minimum absolute atomic E-state index is 0.0486. The number of carbonyl (C=O) groups is 2. The first-order chi connectivity index (χ1) is 16.6. The van der Waals surface area contributed by atoms with E-state index in [1.165, 1.54) is 31.5 Å². The molecule has 1 atom stereocenters. The van der Waals surface area contributed by atoms with E-state index in [9.17, 15) is 35.9 Å². The van der Waals surface area contributed by atoms with Crippen LogP contribution in [-0.2, 0) is 18.8 Å². The lowest BCUT2D eigenvalue weighted by atomic mass is 9.83. The number of benzene rings is 2. The Balaban J connectivity index is 2.13. The second-order valence-corrected chi connectivity index (χ2v) is 8.74. The number of hydrogen-bond acceptors (Lipinski definition) is 3. The van der Waals surface area contributed by atoms with Crippen LogP contribution < -0.4 is 5.32 Å². The van der Waals surface area contributed by atoms with Crippen molar-refractivity contribution in [2.75, 3.05) is 0 Å². The second-order valence-electron chi connectivity index (χ2n) is 8.74. The molecule has 36 heavy (non-hydrogen) atoms. The van der Waals surface area contributed by atoms with Gasteiger partial charge in [-0.05, 0) is 67.8 Å². The van der Waals surface area contributed by atoms with Crippen LogP contribution in [0.1, 0.15) is 55.5 Å². The van der Waals surface area contributed by atoms with E-state index in [2.05, 4.69) is 10.3 Å². The Labute approximate surface area is 203 Å². The van der Waals surface area contributed by atoms with Gasteiger partial charge in [0.25, 0.3) is 5.91 Å². The van der Waals surface area contributed by atoms with Crippen LogP contribution in [-0.4, -0.2) is 22.2 Å². The van der Waals surface area contributed by atoms with Gasteiger partial charge in [-0.3, -0.25) is 14.6 Å². The Morgan fingerprint density at radius 1 is 0.778 bits per heavy atom. The number of aryl methyl sites for hydroxylation is 2. The molecule has 1 heterocycles. The lowest BCUT2D eigenvalue weighted by Gasteiger charge is -2.30. The van der Waals surface area contributed by atoms with Gasteiger partial charge in [-0.1, -0.05) is 18.2 Å². The first kappa shape index (κ1) is 26.9. The molecule has 1 N–H and O–H groups in total. The summed E-state index contributed by atoms with van der Waals surface area (Å²) in [5, 5.41) is 2.53. The zero-order chi connectivity index (χ0) is 26.9. The summed E-state index contributed by atoms with van der Waals surface area (Å²) in [7, 11) is 0. The van der Waals surface area contributed by atoms with Crippen LogP contribution in [0.4, 0.5) is 26.3 Å². The molecule has 0 aliphatic rings. The number of Topliss-reactive ketones (excluding diaryl/α,β-unsaturated/α-hetero) is 1. The number of rotatable bonds is 6. The van der Waals surface area contributed by atoms with E-state index in [-0.39, 0.29) is 18.1 Å². The number of nitrogens with zero attached hydrogens (tertiary/aromatic N) is 1. The molecule has 0 bridgehead atoms. The standard InChI is InChI=1S/C26H22F6N2O2/c1-15-4-5-17(10-16(15)2)14-24(3,34-23(36)18-6-8-33-9-7-18)22(35)19-11-20(25(27,28)29)13-21(12-19)26(30,31)32/h4-13H,14H2,1-3H3,(H,34,36). The molecule has 10 heteroatoms. The van der Waals surface area contributed by atoms with Gasteiger partial charge in [0, 0.05) is 29.9 Å². The van der Waals surface area contributed by atoms with E-state index < -0.39 is 46.3 Å². The van der Waals surface area contributed by atoms with Crippen LogP contribution in [0, 0.1) is 13.8 Å². The number of halogens is 6. The van der Waals surface area contributed by atoms with Gasteiger partial charge in [-0.25, -0.2) is 0 Å². The average molecular weight is 508 g/mol. The summed E-state index contributed by atoms with van der Waals surface area (Å²) in [5.74, 6) is -1.83. The van der Waals surface area contributed by atoms with Gasteiger partial charge in [0.15, 0.2) is 5.78 Å². The first-order valence-electron chi connectivity index (χ1n) is 10.7. The van der Waals surface area contributed by atoms with E-state index in [1.807, 2.05) is 13.8 Å². The molecule has 3 rings (SSSR count). The largest absolute Gasteiger partial charge is 0.416 e. The molecule has 0 fully saturated rings. The van der Waals surface area contributed by atoms with Gasteiger partial charge < -0.3 is 5.32 Å². The summed E-state index contributed by atoms with van der Waals surface area (Å²) in [5.41, 5.74) is -3.45. The van der Waals surface area contributed by atoms with Gasteiger partial charge in [-0.15, -0.1) is 0 Å². The zero-order valence-electron chi connectivity index (χ0n) is 19.5. The Morgan fingerprint density at radius 3 is 1.83 bits per heavy atom. The zero-order valence-corrected chi connectivity index (χ0v) is 19.5. The lowest BCUT2D eigenvalue weighted by molar-refractivity contribution is -0.143.